The molecule has 0 aliphatic rings. The minimum absolute atomic E-state index is 0.0221. The summed E-state index contributed by atoms with van der Waals surface area (Å²) in [5.74, 6) is 0. The summed E-state index contributed by atoms with van der Waals surface area (Å²) >= 11 is 0. The van der Waals surface area contributed by atoms with Gasteiger partial charge in [-0.1, -0.05) is 60.7 Å². The molecule has 0 radical (unpaired) electrons. The van der Waals surface area contributed by atoms with Crippen molar-refractivity contribution in [3.8, 4) is 0 Å². The van der Waals surface area contributed by atoms with E-state index in [1.54, 1.807) is 0 Å². The molecule has 0 aliphatic carbocycles. The topological polar surface area (TPSA) is 29.3 Å². The van der Waals surface area contributed by atoms with Gasteiger partial charge in [0.05, 0.1) is 0 Å². The minimum Gasteiger partial charge on any atom is -0.329 e. The monoisotopic (exact) mass is 268 g/mol. The van der Waals surface area contributed by atoms with Crippen LogP contribution in [0.2, 0.25) is 0 Å². The molecule has 106 valence electrons. The number of hydrogen-bond acceptors (Lipinski definition) is 2. The number of benzene rings is 2. The third-order valence-electron chi connectivity index (χ3n) is 3.79. The van der Waals surface area contributed by atoms with Crippen molar-refractivity contribution in [3.05, 3.63) is 71.8 Å². The fraction of sp³-hybridized carbons (Fsp3) is 0.333. The molecule has 0 amide bonds. The van der Waals surface area contributed by atoms with Gasteiger partial charge in [-0.25, -0.2) is 0 Å². The predicted octanol–water partition coefficient (Wildman–Crippen LogP) is 3.43. The Hall–Kier alpha value is -1.64. The fourth-order valence-electron chi connectivity index (χ4n) is 2.22. The Bertz CT molecular complexity index is 464. The van der Waals surface area contributed by atoms with E-state index in [0.717, 1.165) is 13.1 Å². The third-order valence-corrected chi connectivity index (χ3v) is 3.79. The lowest BCUT2D eigenvalue weighted by atomic mass is 10.0. The summed E-state index contributed by atoms with van der Waals surface area (Å²) in [4.78, 5) is 2.44. The van der Waals surface area contributed by atoms with E-state index in [2.05, 4.69) is 79.4 Å². The van der Waals surface area contributed by atoms with E-state index >= 15 is 0 Å². The second kappa shape index (κ2) is 6.69. The van der Waals surface area contributed by atoms with Gasteiger partial charge in [0.15, 0.2) is 0 Å². The van der Waals surface area contributed by atoms with Crippen LogP contribution in [0.25, 0.3) is 0 Å². The standard InChI is InChI=1S/C18H24N2/c1-18(2,15-19)20(13-16-9-5-3-6-10-16)14-17-11-7-4-8-12-17/h3-12H,13-15,19H2,1-2H3. The van der Waals surface area contributed by atoms with Gasteiger partial charge < -0.3 is 5.73 Å². The zero-order valence-corrected chi connectivity index (χ0v) is 12.4. The normalized spacial score (nSPS) is 11.8. The van der Waals surface area contributed by atoms with Crippen LogP contribution < -0.4 is 5.73 Å². The summed E-state index contributed by atoms with van der Waals surface area (Å²) in [6, 6.07) is 21.1. The van der Waals surface area contributed by atoms with Crippen molar-refractivity contribution in [1.29, 1.82) is 0 Å². The summed E-state index contributed by atoms with van der Waals surface area (Å²) in [5.41, 5.74) is 8.60. The summed E-state index contributed by atoms with van der Waals surface area (Å²) in [6.45, 7) is 6.89. The Morgan fingerprint density at radius 2 is 1.20 bits per heavy atom. The van der Waals surface area contributed by atoms with Crippen molar-refractivity contribution in [2.24, 2.45) is 5.73 Å². The molecular formula is C18H24N2. The molecule has 2 N–H and O–H groups in total. The number of hydrogen-bond donors (Lipinski definition) is 1. The average Bonchev–Trinajstić information content (AvgIpc) is 2.49. The molecule has 0 spiro atoms. The first-order valence-corrected chi connectivity index (χ1v) is 7.15. The van der Waals surface area contributed by atoms with Crippen molar-refractivity contribution >= 4 is 0 Å². The van der Waals surface area contributed by atoms with Crippen LogP contribution >= 0.6 is 0 Å². The zero-order chi connectivity index (χ0) is 14.4. The maximum Gasteiger partial charge on any atom is 0.0282 e. The van der Waals surface area contributed by atoms with Gasteiger partial charge in [-0.15, -0.1) is 0 Å². The van der Waals surface area contributed by atoms with E-state index in [9.17, 15) is 0 Å². The molecule has 0 saturated heterocycles. The predicted molar refractivity (Wildman–Crippen MR) is 85.3 cm³/mol. The van der Waals surface area contributed by atoms with Crippen LogP contribution in [0.5, 0.6) is 0 Å². The molecule has 2 nitrogen and oxygen atoms in total. The minimum atomic E-state index is -0.0221. The highest BCUT2D eigenvalue weighted by molar-refractivity contribution is 5.18. The van der Waals surface area contributed by atoms with Crippen LogP contribution in [0.15, 0.2) is 60.7 Å². The highest BCUT2D eigenvalue weighted by Crippen LogP contribution is 2.20. The SMILES string of the molecule is CC(C)(CN)N(Cc1ccccc1)Cc1ccccc1. The molecule has 2 aromatic carbocycles. The van der Waals surface area contributed by atoms with Crippen LogP contribution in [0.1, 0.15) is 25.0 Å². The maximum absolute atomic E-state index is 5.97. The second-order valence-corrected chi connectivity index (χ2v) is 5.84. The average molecular weight is 268 g/mol. The quantitative estimate of drug-likeness (QED) is 0.869. The largest absolute Gasteiger partial charge is 0.329 e. The van der Waals surface area contributed by atoms with Gasteiger partial charge in [-0.05, 0) is 25.0 Å². The maximum atomic E-state index is 5.97. The third kappa shape index (κ3) is 3.92. The van der Waals surface area contributed by atoms with E-state index in [-0.39, 0.29) is 5.54 Å². The first kappa shape index (κ1) is 14.8. The smallest absolute Gasteiger partial charge is 0.0282 e. The van der Waals surface area contributed by atoms with E-state index in [0.29, 0.717) is 6.54 Å². The summed E-state index contributed by atoms with van der Waals surface area (Å²) < 4.78 is 0. The molecule has 0 unspecified atom stereocenters. The number of nitrogens with zero attached hydrogens (tertiary/aromatic N) is 1. The molecule has 0 fully saturated rings. The van der Waals surface area contributed by atoms with Gasteiger partial charge in [0.1, 0.15) is 0 Å². The van der Waals surface area contributed by atoms with Gasteiger partial charge in [-0.2, -0.15) is 0 Å². The summed E-state index contributed by atoms with van der Waals surface area (Å²) in [7, 11) is 0. The van der Waals surface area contributed by atoms with E-state index < -0.39 is 0 Å². The Kier molecular flexibility index (Phi) is 4.94. The van der Waals surface area contributed by atoms with E-state index in [4.69, 9.17) is 5.73 Å². The van der Waals surface area contributed by atoms with Crippen molar-refractivity contribution in [2.45, 2.75) is 32.5 Å². The van der Waals surface area contributed by atoms with Crippen LogP contribution in [0.4, 0.5) is 0 Å². The molecule has 2 heteroatoms. The van der Waals surface area contributed by atoms with Gasteiger partial charge >= 0.3 is 0 Å². The van der Waals surface area contributed by atoms with Crippen LogP contribution in [0, 0.1) is 0 Å². The molecule has 2 aromatic rings. The molecule has 0 saturated carbocycles. The van der Waals surface area contributed by atoms with Gasteiger partial charge in [0.25, 0.3) is 0 Å². The van der Waals surface area contributed by atoms with E-state index in [1.165, 1.54) is 11.1 Å². The summed E-state index contributed by atoms with van der Waals surface area (Å²) in [5, 5.41) is 0. The Balaban J connectivity index is 2.17. The zero-order valence-electron chi connectivity index (χ0n) is 12.4. The van der Waals surface area contributed by atoms with Crippen molar-refractivity contribution in [1.82, 2.24) is 4.90 Å². The van der Waals surface area contributed by atoms with E-state index in [1.807, 2.05) is 0 Å². The van der Waals surface area contributed by atoms with Crippen molar-refractivity contribution < 1.29 is 0 Å². The molecule has 0 aromatic heterocycles. The summed E-state index contributed by atoms with van der Waals surface area (Å²) in [6.07, 6.45) is 0. The lowest BCUT2D eigenvalue weighted by Crippen LogP contribution is -2.48. The van der Waals surface area contributed by atoms with Crippen LogP contribution in [-0.2, 0) is 13.1 Å². The van der Waals surface area contributed by atoms with Gasteiger partial charge in [-0.3, -0.25) is 4.90 Å². The van der Waals surface area contributed by atoms with Crippen LogP contribution in [-0.4, -0.2) is 17.0 Å². The molecular weight excluding hydrogens is 244 g/mol. The lowest BCUT2D eigenvalue weighted by molar-refractivity contribution is 0.109. The fourth-order valence-corrected chi connectivity index (χ4v) is 2.22. The highest BCUT2D eigenvalue weighted by atomic mass is 15.2. The lowest BCUT2D eigenvalue weighted by Gasteiger charge is -2.38. The first-order chi connectivity index (χ1) is 9.62. The van der Waals surface area contributed by atoms with Crippen molar-refractivity contribution in [2.75, 3.05) is 6.54 Å². The number of nitrogens with two attached hydrogens (primary N) is 1. The highest BCUT2D eigenvalue weighted by Gasteiger charge is 2.25. The Morgan fingerprint density at radius 3 is 1.55 bits per heavy atom. The Morgan fingerprint density at radius 1 is 0.800 bits per heavy atom. The Labute approximate surface area is 122 Å². The molecule has 0 atom stereocenters. The first-order valence-electron chi connectivity index (χ1n) is 7.15. The van der Waals surface area contributed by atoms with Gasteiger partial charge in [0.2, 0.25) is 0 Å². The molecule has 2 rings (SSSR count). The molecule has 0 heterocycles. The molecule has 0 bridgehead atoms. The van der Waals surface area contributed by atoms with Crippen molar-refractivity contribution in [3.63, 3.8) is 0 Å². The molecule has 20 heavy (non-hydrogen) atoms. The molecule has 0 aliphatic heterocycles. The van der Waals surface area contributed by atoms with Gasteiger partial charge in [0, 0.05) is 25.2 Å². The van der Waals surface area contributed by atoms with Crippen LogP contribution in [0.3, 0.4) is 0 Å². The second-order valence-electron chi connectivity index (χ2n) is 5.84. The number of rotatable bonds is 6.